The molecule has 28 heteroatoms. The van der Waals surface area contributed by atoms with E-state index in [0.717, 1.165) is 25.1 Å². The number of aromatic nitrogens is 5. The third-order valence-corrected chi connectivity index (χ3v) is 14.0. The summed E-state index contributed by atoms with van der Waals surface area (Å²) in [5.41, 5.74) is -3.52. The molecular formula is C67H56F12N6O10. The molecule has 0 fully saturated rings. The van der Waals surface area contributed by atoms with E-state index in [1.165, 1.54) is 63.2 Å². The summed E-state index contributed by atoms with van der Waals surface area (Å²) >= 11 is 0. The highest BCUT2D eigenvalue weighted by molar-refractivity contribution is 6.04. The molecule has 0 atom stereocenters. The van der Waals surface area contributed by atoms with Crippen molar-refractivity contribution in [2.24, 2.45) is 0 Å². The molecule has 0 aliphatic rings. The van der Waals surface area contributed by atoms with Crippen LogP contribution >= 0.6 is 0 Å². The molecule has 5 aromatic heterocycles. The van der Waals surface area contributed by atoms with Gasteiger partial charge in [-0.1, -0.05) is 18.2 Å². The average molecular weight is 1330 g/mol. The number of carbonyl (C=O) groups excluding carboxylic acids is 6. The van der Waals surface area contributed by atoms with Gasteiger partial charge in [0.25, 0.3) is 5.91 Å². The van der Waals surface area contributed by atoms with E-state index >= 15 is 0 Å². The van der Waals surface area contributed by atoms with Crippen LogP contribution in [0.2, 0.25) is 0 Å². The molecule has 0 spiro atoms. The van der Waals surface area contributed by atoms with Crippen LogP contribution in [-0.4, -0.2) is 84.4 Å². The lowest BCUT2D eigenvalue weighted by atomic mass is 9.98. The maximum atomic E-state index is 13.5. The van der Waals surface area contributed by atoms with Crippen molar-refractivity contribution in [3.05, 3.63) is 199 Å². The maximum absolute atomic E-state index is 13.5. The molecule has 0 unspecified atom stereocenters. The minimum atomic E-state index is -4.74. The van der Waals surface area contributed by atoms with Gasteiger partial charge in [0.15, 0.2) is 17.3 Å². The third kappa shape index (κ3) is 17.8. The van der Waals surface area contributed by atoms with E-state index in [1.807, 2.05) is 0 Å². The fourth-order valence-electron chi connectivity index (χ4n) is 9.29. The van der Waals surface area contributed by atoms with E-state index in [1.54, 1.807) is 72.0 Å². The number of ether oxygens (including phenoxy) is 2. The number of alkyl halides is 12. The molecule has 9 rings (SSSR count). The summed E-state index contributed by atoms with van der Waals surface area (Å²) < 4.78 is 170. The number of nitrogens with one attached hydrogen (secondary N) is 1. The number of esters is 2. The van der Waals surface area contributed by atoms with Crippen molar-refractivity contribution >= 4 is 90.3 Å². The molecular weight excluding hydrogens is 1280 g/mol. The zero-order chi connectivity index (χ0) is 71.1. The largest absolute Gasteiger partial charge is 0.477 e. The van der Waals surface area contributed by atoms with Gasteiger partial charge in [-0.2, -0.15) is 52.7 Å². The number of halogens is 12. The first-order valence-corrected chi connectivity index (χ1v) is 28.1. The number of Topliss-reactive ketones (excluding diaryl/α,β-unsaturated/α-hetero) is 3. The Morgan fingerprint density at radius 1 is 0.453 bits per heavy atom. The lowest BCUT2D eigenvalue weighted by molar-refractivity contribution is -0.137. The van der Waals surface area contributed by atoms with Crippen molar-refractivity contribution < 1.29 is 101 Å². The number of ketones is 3. The lowest BCUT2D eigenvalue weighted by Gasteiger charge is -2.15. The van der Waals surface area contributed by atoms with Gasteiger partial charge < -0.3 is 19.9 Å². The molecule has 0 saturated carbocycles. The van der Waals surface area contributed by atoms with Crippen LogP contribution in [0, 0.1) is 27.7 Å². The number of hydrogen-bond acceptors (Lipinski definition) is 14. The molecule has 0 bridgehead atoms. The predicted molar refractivity (Wildman–Crippen MR) is 325 cm³/mol. The maximum Gasteiger partial charge on any atom is 0.418 e. The SMILES string of the molecule is C=C(C)c1cc(C(F)(F)F)c2nc(C(=O)OCC)cc(C)c2c1.CC(=O)c1cc(C(F)(F)F)c2nc(C(=O)NCc3ccccn3)cc(C)c2c1.CC(=O)c1cc(C(F)(F)F)c2nc(C(=O)O)cc(C)c2c1.CCOC(=O)c1cc(C)c2cc(C(C)=O)cc(C(F)(F)F)c2n1. The monoisotopic (exact) mass is 1330 g/mol. The van der Waals surface area contributed by atoms with Crippen LogP contribution in [0.4, 0.5) is 52.7 Å². The highest BCUT2D eigenvalue weighted by Gasteiger charge is 2.38. The number of hydrogen-bond donors (Lipinski definition) is 2. The molecule has 0 aliphatic heterocycles. The first-order valence-electron chi connectivity index (χ1n) is 28.1. The molecule has 16 nitrogen and oxygen atoms in total. The fourth-order valence-corrected chi connectivity index (χ4v) is 9.29. The highest BCUT2D eigenvalue weighted by Crippen LogP contribution is 2.41. The Bertz CT molecular complexity index is 4430. The van der Waals surface area contributed by atoms with Crippen LogP contribution in [0.5, 0.6) is 0 Å². The summed E-state index contributed by atoms with van der Waals surface area (Å²) in [5.74, 6) is -5.03. The van der Waals surface area contributed by atoms with Gasteiger partial charge in [0.1, 0.15) is 22.8 Å². The zero-order valence-electron chi connectivity index (χ0n) is 52.0. The van der Waals surface area contributed by atoms with Gasteiger partial charge in [0.2, 0.25) is 0 Å². The fraction of sp³-hybridized carbons (Fsp3) is 0.254. The summed E-state index contributed by atoms with van der Waals surface area (Å²) in [6.45, 7) is 18.7. The van der Waals surface area contributed by atoms with E-state index in [2.05, 4.69) is 36.8 Å². The van der Waals surface area contributed by atoms with Gasteiger partial charge in [0, 0.05) is 44.4 Å². The number of fused-ring (bicyclic) bond motifs is 4. The Hall–Kier alpha value is -10.5. The average Bonchev–Trinajstić information content (AvgIpc) is 0.791. The van der Waals surface area contributed by atoms with Crippen LogP contribution in [0.15, 0.2) is 104 Å². The number of aryl methyl sites for hydroxylation is 4. The van der Waals surface area contributed by atoms with Crippen molar-refractivity contribution in [3.8, 4) is 0 Å². The predicted octanol–water partition coefficient (Wildman–Crippen LogP) is 16.3. The topological polar surface area (TPSA) is 235 Å². The minimum absolute atomic E-state index is 0.0568. The second-order valence-electron chi connectivity index (χ2n) is 21.2. The normalized spacial score (nSPS) is 11.6. The molecule has 0 aliphatic carbocycles. The molecule has 9 aromatic rings. The Kier molecular flexibility index (Phi) is 22.6. The number of aromatic carboxylic acids is 1. The van der Waals surface area contributed by atoms with Gasteiger partial charge >= 0.3 is 42.6 Å². The Morgan fingerprint density at radius 3 is 1.05 bits per heavy atom. The number of allylic oxidation sites excluding steroid dienone is 1. The number of nitrogens with zero attached hydrogens (tertiary/aromatic N) is 5. The van der Waals surface area contributed by atoms with Gasteiger partial charge in [-0.25, -0.2) is 34.3 Å². The van der Waals surface area contributed by atoms with Crippen molar-refractivity contribution in [1.29, 1.82) is 0 Å². The van der Waals surface area contributed by atoms with Crippen molar-refractivity contribution in [1.82, 2.24) is 30.2 Å². The minimum Gasteiger partial charge on any atom is -0.477 e. The van der Waals surface area contributed by atoms with Crippen LogP contribution in [0.1, 0.15) is 170 Å². The standard InChI is InChI=1S/C20H16F3N3O2.C17H16F3NO2.C16H14F3NO3.C14H10F3NO3/c1-11-7-17(19(28)25-10-14-5-3-4-6-24-14)26-18-15(11)8-13(12(2)27)9-16(18)20(21,22)23;1-5-23-16(22)14-6-10(4)12-7-11(9(2)3)8-13(15(12)21-14)17(18,19)20;1-4-23-15(22)13-5-8(2)11-6-10(9(3)21)7-12(14(11)20-13)16(17,18)19;1-6-3-11(13(20)21)18-12-9(6)4-8(7(2)19)5-10(12)14(15,16)17/h3-9H,10H2,1-2H3,(H,25,28);6-8H,2,5H2,1,3-4H3;5-7H,4H2,1-3H3;3-5H,1-2H3,(H,20,21). The first kappa shape index (κ1) is 73.5. The molecule has 4 aromatic carbocycles. The lowest BCUT2D eigenvalue weighted by Crippen LogP contribution is -2.24. The summed E-state index contributed by atoms with van der Waals surface area (Å²) in [5, 5.41) is 12.3. The van der Waals surface area contributed by atoms with Crippen LogP contribution < -0.4 is 5.32 Å². The smallest absolute Gasteiger partial charge is 0.418 e. The van der Waals surface area contributed by atoms with Crippen LogP contribution in [-0.2, 0) is 40.7 Å². The second kappa shape index (κ2) is 29.2. The number of benzene rings is 4. The second-order valence-corrected chi connectivity index (χ2v) is 21.2. The van der Waals surface area contributed by atoms with E-state index in [4.69, 9.17) is 14.6 Å². The number of carboxylic acids is 1. The van der Waals surface area contributed by atoms with Crippen LogP contribution in [0.25, 0.3) is 49.2 Å². The molecule has 95 heavy (non-hydrogen) atoms. The number of pyridine rings is 5. The Balaban J connectivity index is 0.000000202. The summed E-state index contributed by atoms with van der Waals surface area (Å²) in [6.07, 6.45) is -17.2. The van der Waals surface area contributed by atoms with Gasteiger partial charge in [0.05, 0.1) is 69.8 Å². The van der Waals surface area contributed by atoms with Crippen molar-refractivity contribution in [2.75, 3.05) is 13.2 Å². The number of carboxylic acid groups (broad SMARTS) is 1. The molecule has 1 amide bonds. The quantitative estimate of drug-likeness (QED) is 0.0657. The van der Waals surface area contributed by atoms with Crippen LogP contribution in [0.3, 0.4) is 0 Å². The van der Waals surface area contributed by atoms with E-state index in [9.17, 15) is 86.2 Å². The molecule has 0 radical (unpaired) electrons. The number of rotatable bonds is 12. The Morgan fingerprint density at radius 2 is 0.758 bits per heavy atom. The molecule has 5 heterocycles. The summed E-state index contributed by atoms with van der Waals surface area (Å²) in [6, 6.07) is 19.4. The first-order chi connectivity index (χ1) is 44.1. The molecule has 2 N–H and O–H groups in total. The number of carbonyl (C=O) groups is 7. The molecule has 0 saturated heterocycles. The van der Waals surface area contributed by atoms with Gasteiger partial charge in [-0.15, -0.1) is 0 Å². The third-order valence-electron chi connectivity index (χ3n) is 14.0. The van der Waals surface area contributed by atoms with E-state index < -0.39 is 99.3 Å². The summed E-state index contributed by atoms with van der Waals surface area (Å²) in [4.78, 5) is 101. The highest BCUT2D eigenvalue weighted by atomic mass is 19.4. The van der Waals surface area contributed by atoms with Gasteiger partial charge in [-0.05, 0) is 182 Å². The van der Waals surface area contributed by atoms with E-state index in [-0.39, 0.29) is 86.2 Å². The zero-order valence-corrected chi connectivity index (χ0v) is 52.0. The molecule has 498 valence electrons. The summed E-state index contributed by atoms with van der Waals surface area (Å²) in [7, 11) is 0. The Labute approximate surface area is 532 Å². The van der Waals surface area contributed by atoms with Crippen molar-refractivity contribution in [2.45, 2.75) is 100 Å². The van der Waals surface area contributed by atoms with Crippen molar-refractivity contribution in [3.63, 3.8) is 0 Å². The number of amides is 1. The van der Waals surface area contributed by atoms with E-state index in [0.29, 0.717) is 50.5 Å². The van der Waals surface area contributed by atoms with Gasteiger partial charge in [-0.3, -0.25) is 24.2 Å².